The Morgan fingerprint density at radius 2 is 1.95 bits per heavy atom. The molecule has 0 fully saturated rings. The van der Waals surface area contributed by atoms with Crippen LogP contribution < -0.4 is 4.74 Å². The van der Waals surface area contributed by atoms with Gasteiger partial charge in [-0.15, -0.1) is 0 Å². The summed E-state index contributed by atoms with van der Waals surface area (Å²) in [6.07, 6.45) is -0.409. The van der Waals surface area contributed by atoms with Gasteiger partial charge in [0.1, 0.15) is 17.4 Å². The summed E-state index contributed by atoms with van der Waals surface area (Å²) in [7, 11) is 0. The van der Waals surface area contributed by atoms with Crippen LogP contribution in [0.15, 0.2) is 36.4 Å². The van der Waals surface area contributed by atoms with Gasteiger partial charge in [0.25, 0.3) is 0 Å². The Labute approximate surface area is 115 Å². The lowest BCUT2D eigenvalue weighted by Crippen LogP contribution is -2.26. The number of halogens is 2. The number of ether oxygens (including phenoxy) is 1. The molecule has 3 rings (SSSR count). The fourth-order valence-corrected chi connectivity index (χ4v) is 2.34. The Morgan fingerprint density at radius 3 is 2.70 bits per heavy atom. The van der Waals surface area contributed by atoms with Crippen molar-refractivity contribution in [2.75, 3.05) is 0 Å². The number of benzene rings is 2. The van der Waals surface area contributed by atoms with Crippen LogP contribution in [-0.4, -0.2) is 11.9 Å². The third-order valence-electron chi connectivity index (χ3n) is 3.45. The molecular weight excluding hydrogens is 262 g/mol. The quantitative estimate of drug-likeness (QED) is 0.784. The van der Waals surface area contributed by atoms with E-state index in [2.05, 4.69) is 0 Å². The van der Waals surface area contributed by atoms with Crippen molar-refractivity contribution in [2.24, 2.45) is 0 Å². The van der Waals surface area contributed by atoms with Gasteiger partial charge in [-0.2, -0.15) is 0 Å². The zero-order valence-corrected chi connectivity index (χ0v) is 10.8. The molecule has 0 amide bonds. The van der Waals surface area contributed by atoms with E-state index in [1.807, 2.05) is 12.1 Å². The van der Waals surface area contributed by atoms with E-state index in [1.54, 1.807) is 12.1 Å². The zero-order chi connectivity index (χ0) is 14.3. The number of hydrogen-bond donors (Lipinski definition) is 0. The maximum absolute atomic E-state index is 13.8. The summed E-state index contributed by atoms with van der Waals surface area (Å²) in [6.45, 7) is 1.45. The fourth-order valence-electron chi connectivity index (χ4n) is 2.34. The highest BCUT2D eigenvalue weighted by Crippen LogP contribution is 2.30. The summed E-state index contributed by atoms with van der Waals surface area (Å²) in [6, 6.07) is 9.24. The first kappa shape index (κ1) is 12.8. The van der Waals surface area contributed by atoms with Crippen LogP contribution >= 0.6 is 0 Å². The maximum atomic E-state index is 13.8. The Morgan fingerprint density at radius 1 is 1.20 bits per heavy atom. The van der Waals surface area contributed by atoms with Gasteiger partial charge >= 0.3 is 0 Å². The minimum Gasteiger partial charge on any atom is -0.482 e. The molecule has 1 heterocycles. The number of carbonyl (C=O) groups excluding carboxylic acids is 1. The average molecular weight is 274 g/mol. The molecule has 1 unspecified atom stereocenters. The standard InChI is InChI=1S/C16H12F2O2/c1-9-6-13(18)11(8-12(9)17)16(19)15-7-10-4-2-3-5-14(10)20-15/h2-6,8,15H,7H2,1H3. The lowest BCUT2D eigenvalue weighted by Gasteiger charge is -2.11. The molecule has 0 aromatic heterocycles. The van der Waals surface area contributed by atoms with E-state index in [4.69, 9.17) is 4.74 Å². The summed E-state index contributed by atoms with van der Waals surface area (Å²) in [5.74, 6) is -1.21. The molecule has 20 heavy (non-hydrogen) atoms. The Kier molecular flexibility index (Phi) is 3.01. The SMILES string of the molecule is Cc1cc(F)c(C(=O)C2Cc3ccccc3O2)cc1F. The highest BCUT2D eigenvalue weighted by atomic mass is 19.1. The van der Waals surface area contributed by atoms with Gasteiger partial charge in [0.05, 0.1) is 5.56 Å². The van der Waals surface area contributed by atoms with Gasteiger partial charge in [-0.1, -0.05) is 18.2 Å². The number of ketones is 1. The highest BCUT2D eigenvalue weighted by Gasteiger charge is 2.31. The summed E-state index contributed by atoms with van der Waals surface area (Å²) in [5, 5.41) is 0. The number of Topliss-reactive ketones (excluding diaryl/α,β-unsaturated/α-hetero) is 1. The number of rotatable bonds is 2. The van der Waals surface area contributed by atoms with Crippen LogP contribution in [0.2, 0.25) is 0 Å². The van der Waals surface area contributed by atoms with E-state index in [9.17, 15) is 13.6 Å². The van der Waals surface area contributed by atoms with Crippen LogP contribution in [-0.2, 0) is 6.42 Å². The second-order valence-corrected chi connectivity index (χ2v) is 4.86. The third kappa shape index (κ3) is 2.07. The molecule has 0 aliphatic carbocycles. The molecule has 0 spiro atoms. The van der Waals surface area contributed by atoms with Crippen molar-refractivity contribution in [3.8, 4) is 5.75 Å². The predicted molar refractivity (Wildman–Crippen MR) is 70.0 cm³/mol. The molecule has 1 aliphatic rings. The normalized spacial score (nSPS) is 16.6. The smallest absolute Gasteiger partial charge is 0.206 e. The van der Waals surface area contributed by atoms with Gasteiger partial charge in [0.15, 0.2) is 6.10 Å². The third-order valence-corrected chi connectivity index (χ3v) is 3.45. The lowest BCUT2D eigenvalue weighted by atomic mass is 10.00. The number of para-hydroxylation sites is 1. The molecule has 2 aromatic carbocycles. The van der Waals surface area contributed by atoms with Gasteiger partial charge < -0.3 is 4.74 Å². The van der Waals surface area contributed by atoms with Crippen molar-refractivity contribution in [3.63, 3.8) is 0 Å². The molecule has 4 heteroatoms. The molecular formula is C16H12F2O2. The van der Waals surface area contributed by atoms with E-state index < -0.39 is 23.5 Å². The molecule has 2 aromatic rings. The molecule has 102 valence electrons. The van der Waals surface area contributed by atoms with E-state index >= 15 is 0 Å². The van der Waals surface area contributed by atoms with Gasteiger partial charge in [-0.05, 0) is 36.2 Å². The molecule has 0 saturated carbocycles. The first-order valence-corrected chi connectivity index (χ1v) is 6.30. The van der Waals surface area contributed by atoms with Crippen molar-refractivity contribution < 1.29 is 18.3 Å². The summed E-state index contributed by atoms with van der Waals surface area (Å²) < 4.78 is 32.8. The van der Waals surface area contributed by atoms with Crippen LogP contribution in [0.25, 0.3) is 0 Å². The lowest BCUT2D eigenvalue weighted by molar-refractivity contribution is 0.0820. The minimum absolute atomic E-state index is 0.176. The van der Waals surface area contributed by atoms with Crippen molar-refractivity contribution in [3.05, 3.63) is 64.7 Å². The summed E-state index contributed by atoms with van der Waals surface area (Å²) >= 11 is 0. The van der Waals surface area contributed by atoms with Gasteiger partial charge in [-0.25, -0.2) is 8.78 Å². The van der Waals surface area contributed by atoms with Crippen LogP contribution in [0, 0.1) is 18.6 Å². The monoisotopic (exact) mass is 274 g/mol. The van der Waals surface area contributed by atoms with Crippen LogP contribution in [0.5, 0.6) is 5.75 Å². The van der Waals surface area contributed by atoms with Crippen molar-refractivity contribution in [1.29, 1.82) is 0 Å². The minimum atomic E-state index is -0.788. The van der Waals surface area contributed by atoms with E-state index in [-0.39, 0.29) is 11.1 Å². The van der Waals surface area contributed by atoms with Crippen molar-refractivity contribution in [1.82, 2.24) is 0 Å². The summed E-state index contributed by atoms with van der Waals surface area (Å²) in [5.41, 5.74) is 0.819. The topological polar surface area (TPSA) is 26.3 Å². The van der Waals surface area contributed by atoms with Crippen LogP contribution in [0.4, 0.5) is 8.78 Å². The zero-order valence-electron chi connectivity index (χ0n) is 10.8. The first-order valence-electron chi connectivity index (χ1n) is 6.30. The predicted octanol–water partition coefficient (Wildman–Crippen LogP) is 3.46. The second kappa shape index (κ2) is 4.71. The molecule has 0 radical (unpaired) electrons. The Hall–Kier alpha value is -2.23. The average Bonchev–Trinajstić information content (AvgIpc) is 2.86. The number of carbonyl (C=O) groups is 1. The van der Waals surface area contributed by atoms with E-state index in [0.29, 0.717) is 12.2 Å². The van der Waals surface area contributed by atoms with Crippen LogP contribution in [0.3, 0.4) is 0 Å². The Bertz CT molecular complexity index is 670. The van der Waals surface area contributed by atoms with Gasteiger partial charge in [0, 0.05) is 6.42 Å². The van der Waals surface area contributed by atoms with Gasteiger partial charge in [0.2, 0.25) is 5.78 Å². The van der Waals surface area contributed by atoms with Crippen molar-refractivity contribution in [2.45, 2.75) is 19.4 Å². The maximum Gasteiger partial charge on any atom is 0.206 e. The largest absolute Gasteiger partial charge is 0.482 e. The molecule has 0 saturated heterocycles. The van der Waals surface area contributed by atoms with Crippen molar-refractivity contribution >= 4 is 5.78 Å². The number of hydrogen-bond acceptors (Lipinski definition) is 2. The first-order chi connectivity index (χ1) is 9.56. The van der Waals surface area contributed by atoms with E-state index in [0.717, 1.165) is 17.7 Å². The molecule has 1 aliphatic heterocycles. The van der Waals surface area contributed by atoms with Crippen LogP contribution in [0.1, 0.15) is 21.5 Å². The Balaban J connectivity index is 1.90. The number of aryl methyl sites for hydroxylation is 1. The molecule has 2 nitrogen and oxygen atoms in total. The van der Waals surface area contributed by atoms with E-state index in [1.165, 1.54) is 6.92 Å². The highest BCUT2D eigenvalue weighted by molar-refractivity contribution is 6.00. The fraction of sp³-hybridized carbons (Fsp3) is 0.188. The summed E-state index contributed by atoms with van der Waals surface area (Å²) in [4.78, 5) is 12.3. The molecule has 0 bridgehead atoms. The molecule has 1 atom stereocenters. The second-order valence-electron chi connectivity index (χ2n) is 4.86. The number of fused-ring (bicyclic) bond motifs is 1. The van der Waals surface area contributed by atoms with Gasteiger partial charge in [-0.3, -0.25) is 4.79 Å². The molecule has 0 N–H and O–H groups in total.